The number of para-hydroxylation sites is 1. The molecule has 1 aromatic carbocycles. The van der Waals surface area contributed by atoms with Gasteiger partial charge in [0, 0.05) is 22.2 Å². The molecule has 5 N–H and O–H groups in total. The SMILES string of the molecule is O=C(O)C(C(=O)O)c1[nH]c2ccccc2c1C(C(=O)O)C(=O)O. The number of H-pyrrole nitrogens is 1. The molecule has 1 heterocycles. The lowest BCUT2D eigenvalue weighted by Crippen LogP contribution is -2.27. The fraction of sp³-hybridized carbons (Fsp3) is 0.143. The summed E-state index contributed by atoms with van der Waals surface area (Å²) in [6.45, 7) is 0. The van der Waals surface area contributed by atoms with Gasteiger partial charge in [0.2, 0.25) is 0 Å². The Hall–Kier alpha value is -3.36. The van der Waals surface area contributed by atoms with Crippen molar-refractivity contribution in [3.8, 4) is 0 Å². The molecule has 2 rings (SSSR count). The fourth-order valence-electron chi connectivity index (χ4n) is 2.43. The first-order chi connectivity index (χ1) is 10.8. The Balaban J connectivity index is 2.86. The molecule has 23 heavy (non-hydrogen) atoms. The normalized spacial score (nSPS) is 11.0. The molecule has 0 aliphatic heterocycles. The van der Waals surface area contributed by atoms with Crippen LogP contribution >= 0.6 is 0 Å². The van der Waals surface area contributed by atoms with Gasteiger partial charge in [-0.05, 0) is 6.07 Å². The first-order valence-corrected chi connectivity index (χ1v) is 6.27. The fourth-order valence-corrected chi connectivity index (χ4v) is 2.43. The van der Waals surface area contributed by atoms with Crippen LogP contribution in [0, 0.1) is 0 Å². The largest absolute Gasteiger partial charge is 0.480 e. The zero-order chi connectivity index (χ0) is 17.3. The number of hydrogen-bond donors (Lipinski definition) is 5. The van der Waals surface area contributed by atoms with Gasteiger partial charge in [0.1, 0.15) is 0 Å². The number of carboxylic acids is 4. The van der Waals surface area contributed by atoms with Crippen molar-refractivity contribution in [3.05, 3.63) is 35.5 Å². The van der Waals surface area contributed by atoms with Gasteiger partial charge in [-0.25, -0.2) is 0 Å². The summed E-state index contributed by atoms with van der Waals surface area (Å²) in [5.74, 6) is -11.1. The van der Waals surface area contributed by atoms with Crippen molar-refractivity contribution in [1.82, 2.24) is 4.98 Å². The van der Waals surface area contributed by atoms with Crippen LogP contribution in [-0.4, -0.2) is 49.3 Å². The predicted molar refractivity (Wildman–Crippen MR) is 74.3 cm³/mol. The second-order valence-electron chi connectivity index (χ2n) is 4.72. The van der Waals surface area contributed by atoms with E-state index < -0.39 is 41.4 Å². The summed E-state index contributed by atoms with van der Waals surface area (Å²) >= 11 is 0. The highest BCUT2D eigenvalue weighted by Gasteiger charge is 2.39. The summed E-state index contributed by atoms with van der Waals surface area (Å²) in [5.41, 5.74) is -0.603. The number of fused-ring (bicyclic) bond motifs is 1. The van der Waals surface area contributed by atoms with E-state index in [4.69, 9.17) is 20.4 Å². The number of aliphatic carboxylic acids is 4. The van der Waals surface area contributed by atoms with Crippen LogP contribution in [0.4, 0.5) is 0 Å². The molecule has 2 aromatic rings. The lowest BCUT2D eigenvalue weighted by Gasteiger charge is -2.13. The smallest absolute Gasteiger partial charge is 0.324 e. The van der Waals surface area contributed by atoms with E-state index in [1.807, 2.05) is 0 Å². The van der Waals surface area contributed by atoms with E-state index in [0.29, 0.717) is 0 Å². The van der Waals surface area contributed by atoms with Gasteiger partial charge in [-0.2, -0.15) is 0 Å². The van der Waals surface area contributed by atoms with E-state index in [1.54, 1.807) is 6.07 Å². The average molecular weight is 321 g/mol. The van der Waals surface area contributed by atoms with Crippen LogP contribution in [0.2, 0.25) is 0 Å². The van der Waals surface area contributed by atoms with Gasteiger partial charge in [-0.3, -0.25) is 19.2 Å². The Bertz CT molecular complexity index is 793. The molecule has 0 unspecified atom stereocenters. The number of carboxylic acid groups (broad SMARTS) is 4. The Morgan fingerprint density at radius 2 is 1.26 bits per heavy atom. The molecule has 0 radical (unpaired) electrons. The number of hydrogen-bond acceptors (Lipinski definition) is 4. The minimum absolute atomic E-state index is 0.143. The van der Waals surface area contributed by atoms with Crippen molar-refractivity contribution in [1.29, 1.82) is 0 Å². The molecular weight excluding hydrogens is 310 g/mol. The highest BCUT2D eigenvalue weighted by molar-refractivity contribution is 6.07. The molecule has 9 nitrogen and oxygen atoms in total. The molecule has 0 saturated heterocycles. The van der Waals surface area contributed by atoms with Crippen molar-refractivity contribution < 1.29 is 39.6 Å². The first-order valence-electron chi connectivity index (χ1n) is 6.27. The zero-order valence-electron chi connectivity index (χ0n) is 11.4. The molecule has 120 valence electrons. The van der Waals surface area contributed by atoms with Crippen molar-refractivity contribution in [3.63, 3.8) is 0 Å². The van der Waals surface area contributed by atoms with Gasteiger partial charge in [0.05, 0.1) is 0 Å². The molecule has 0 fully saturated rings. The minimum Gasteiger partial charge on any atom is -0.480 e. The van der Waals surface area contributed by atoms with Gasteiger partial charge in [0.15, 0.2) is 11.8 Å². The van der Waals surface area contributed by atoms with Gasteiger partial charge < -0.3 is 25.4 Å². The summed E-state index contributed by atoms with van der Waals surface area (Å²) in [6, 6.07) is 5.91. The van der Waals surface area contributed by atoms with E-state index in [9.17, 15) is 19.2 Å². The van der Waals surface area contributed by atoms with Crippen LogP contribution in [-0.2, 0) is 19.2 Å². The third kappa shape index (κ3) is 2.71. The second-order valence-corrected chi connectivity index (χ2v) is 4.72. The Morgan fingerprint density at radius 1 is 0.783 bits per heavy atom. The maximum absolute atomic E-state index is 11.3. The molecule has 0 amide bonds. The van der Waals surface area contributed by atoms with Gasteiger partial charge in [0.25, 0.3) is 0 Å². The van der Waals surface area contributed by atoms with E-state index in [2.05, 4.69) is 4.98 Å². The molecule has 0 bridgehead atoms. The minimum atomic E-state index is -2.11. The molecule has 9 heteroatoms. The zero-order valence-corrected chi connectivity index (χ0v) is 11.4. The summed E-state index contributed by atoms with van der Waals surface area (Å²) < 4.78 is 0. The van der Waals surface area contributed by atoms with Crippen LogP contribution in [0.3, 0.4) is 0 Å². The number of rotatable bonds is 6. The maximum Gasteiger partial charge on any atom is 0.324 e. The van der Waals surface area contributed by atoms with Crippen LogP contribution < -0.4 is 0 Å². The van der Waals surface area contributed by atoms with Crippen molar-refractivity contribution >= 4 is 34.8 Å². The molecular formula is C14H11NO8. The predicted octanol–water partition coefficient (Wildman–Crippen LogP) is 0.674. The Labute approximate surface area is 127 Å². The van der Waals surface area contributed by atoms with Gasteiger partial charge >= 0.3 is 23.9 Å². The maximum atomic E-state index is 11.3. The van der Waals surface area contributed by atoms with Crippen molar-refractivity contribution in [2.24, 2.45) is 0 Å². The van der Waals surface area contributed by atoms with Crippen molar-refractivity contribution in [2.75, 3.05) is 0 Å². The van der Waals surface area contributed by atoms with E-state index in [1.165, 1.54) is 18.2 Å². The van der Waals surface area contributed by atoms with E-state index in [-0.39, 0.29) is 16.5 Å². The molecule has 0 spiro atoms. The lowest BCUT2D eigenvalue weighted by atomic mass is 9.91. The van der Waals surface area contributed by atoms with Gasteiger partial charge in [-0.15, -0.1) is 0 Å². The van der Waals surface area contributed by atoms with E-state index in [0.717, 1.165) is 0 Å². The van der Waals surface area contributed by atoms with Crippen LogP contribution in [0.5, 0.6) is 0 Å². The summed E-state index contributed by atoms with van der Waals surface area (Å²) in [5, 5.41) is 36.7. The van der Waals surface area contributed by atoms with Gasteiger partial charge in [-0.1, -0.05) is 18.2 Å². The highest BCUT2D eigenvalue weighted by Crippen LogP contribution is 2.34. The highest BCUT2D eigenvalue weighted by atomic mass is 16.4. The first kappa shape index (κ1) is 16.0. The van der Waals surface area contributed by atoms with Crippen molar-refractivity contribution in [2.45, 2.75) is 11.8 Å². The monoisotopic (exact) mass is 321 g/mol. The molecule has 0 saturated carbocycles. The number of benzene rings is 1. The van der Waals surface area contributed by atoms with Crippen LogP contribution in [0.15, 0.2) is 24.3 Å². The summed E-state index contributed by atoms with van der Waals surface area (Å²) in [4.78, 5) is 47.6. The third-order valence-electron chi connectivity index (χ3n) is 3.34. The third-order valence-corrected chi connectivity index (χ3v) is 3.34. The quantitative estimate of drug-likeness (QED) is 0.484. The number of carbonyl (C=O) groups is 4. The second kappa shape index (κ2) is 5.79. The molecule has 1 aromatic heterocycles. The number of aromatic nitrogens is 1. The summed E-state index contributed by atoms with van der Waals surface area (Å²) in [7, 11) is 0. The molecule has 0 aliphatic rings. The number of nitrogens with one attached hydrogen (secondary N) is 1. The Kier molecular flexibility index (Phi) is 4.04. The standard InChI is InChI=1S/C14H11NO8/c16-11(17)8(12(18)19)7-5-3-1-2-4-6(5)15-10(7)9(13(20)21)14(22)23/h1-4,8-9,15H,(H,16,17)(H,18,19)(H,20,21)(H,22,23). The summed E-state index contributed by atoms with van der Waals surface area (Å²) in [6.07, 6.45) is 0. The number of aromatic amines is 1. The molecule has 0 aliphatic carbocycles. The van der Waals surface area contributed by atoms with Crippen LogP contribution in [0.1, 0.15) is 23.1 Å². The van der Waals surface area contributed by atoms with E-state index >= 15 is 0 Å². The topological polar surface area (TPSA) is 165 Å². The van der Waals surface area contributed by atoms with Crippen LogP contribution in [0.25, 0.3) is 10.9 Å². The molecule has 0 atom stereocenters. The lowest BCUT2D eigenvalue weighted by molar-refractivity contribution is -0.153. The average Bonchev–Trinajstić information content (AvgIpc) is 2.76. The Morgan fingerprint density at radius 3 is 1.74 bits per heavy atom.